The van der Waals surface area contributed by atoms with Crippen molar-refractivity contribution in [1.29, 1.82) is 0 Å². The highest BCUT2D eigenvalue weighted by Gasteiger charge is 2.59. The SMILES string of the molecule is CCCCCCCCCCC1(C2(C(=O)O)CCCCC2)CCC(CCCC)(C2CCCCC2)CC1. The lowest BCUT2D eigenvalue weighted by atomic mass is 9.46. The van der Waals surface area contributed by atoms with Crippen LogP contribution in [0.25, 0.3) is 0 Å². The van der Waals surface area contributed by atoms with E-state index in [0.717, 1.165) is 31.6 Å². The van der Waals surface area contributed by atoms with Gasteiger partial charge in [0.1, 0.15) is 0 Å². The Morgan fingerprint density at radius 3 is 1.74 bits per heavy atom. The van der Waals surface area contributed by atoms with Crippen LogP contribution in [-0.4, -0.2) is 11.1 Å². The van der Waals surface area contributed by atoms with Gasteiger partial charge in [-0.3, -0.25) is 4.79 Å². The van der Waals surface area contributed by atoms with Gasteiger partial charge in [-0.25, -0.2) is 0 Å². The zero-order valence-electron chi connectivity index (χ0n) is 23.8. The molecule has 2 heteroatoms. The minimum Gasteiger partial charge on any atom is -0.481 e. The van der Waals surface area contributed by atoms with E-state index < -0.39 is 11.4 Å². The third kappa shape index (κ3) is 7.07. The van der Waals surface area contributed by atoms with Crippen molar-refractivity contribution in [2.75, 3.05) is 0 Å². The van der Waals surface area contributed by atoms with E-state index in [0.29, 0.717) is 5.41 Å². The molecule has 0 amide bonds. The zero-order valence-corrected chi connectivity index (χ0v) is 23.8. The minimum absolute atomic E-state index is 0.0614. The molecular weight excluding hydrogens is 428 g/mol. The fraction of sp³-hybridized carbons (Fsp3) is 0.970. The standard InChI is InChI=1S/C33H60O2/c1-3-5-7-8-9-10-11-16-22-32(33(30(34)35)23-17-13-18-24-33)27-25-31(26-28-32,21-6-4-2)29-19-14-12-15-20-29/h29H,3-28H2,1-2H3,(H,34,35). The van der Waals surface area contributed by atoms with Crippen LogP contribution in [0, 0.1) is 22.2 Å². The third-order valence-corrected chi connectivity index (χ3v) is 11.3. The first-order valence-corrected chi connectivity index (χ1v) is 16.3. The van der Waals surface area contributed by atoms with Gasteiger partial charge in [0.05, 0.1) is 5.41 Å². The molecule has 0 aromatic heterocycles. The van der Waals surface area contributed by atoms with Crippen LogP contribution in [0.2, 0.25) is 0 Å². The zero-order chi connectivity index (χ0) is 25.0. The normalized spacial score (nSPS) is 29.8. The quantitative estimate of drug-likeness (QED) is 0.233. The number of hydrogen-bond donors (Lipinski definition) is 1. The van der Waals surface area contributed by atoms with Crippen LogP contribution in [0.1, 0.15) is 181 Å². The van der Waals surface area contributed by atoms with Crippen molar-refractivity contribution < 1.29 is 9.90 Å². The Bertz CT molecular complexity index is 588. The summed E-state index contributed by atoms with van der Waals surface area (Å²) in [6.07, 6.45) is 33.7. The second kappa shape index (κ2) is 14.4. The van der Waals surface area contributed by atoms with Crippen molar-refractivity contribution in [2.45, 2.75) is 181 Å². The number of unbranched alkanes of at least 4 members (excludes halogenated alkanes) is 8. The van der Waals surface area contributed by atoms with Crippen molar-refractivity contribution in [3.05, 3.63) is 0 Å². The molecule has 0 aromatic rings. The molecule has 3 aliphatic carbocycles. The van der Waals surface area contributed by atoms with Crippen LogP contribution in [-0.2, 0) is 4.79 Å². The summed E-state index contributed by atoms with van der Waals surface area (Å²) in [5.41, 5.74) is 0.148. The van der Waals surface area contributed by atoms with Crippen LogP contribution >= 0.6 is 0 Å². The molecule has 0 radical (unpaired) electrons. The van der Waals surface area contributed by atoms with Gasteiger partial charge < -0.3 is 5.11 Å². The molecule has 0 spiro atoms. The summed E-state index contributed by atoms with van der Waals surface area (Å²) in [6, 6.07) is 0. The molecule has 0 aromatic carbocycles. The molecule has 3 fully saturated rings. The first-order valence-electron chi connectivity index (χ1n) is 16.3. The third-order valence-electron chi connectivity index (χ3n) is 11.3. The van der Waals surface area contributed by atoms with Gasteiger partial charge in [0.15, 0.2) is 0 Å². The maximum Gasteiger partial charge on any atom is 0.310 e. The molecule has 2 nitrogen and oxygen atoms in total. The summed E-state index contributed by atoms with van der Waals surface area (Å²) in [4.78, 5) is 13.1. The van der Waals surface area contributed by atoms with Gasteiger partial charge in [-0.15, -0.1) is 0 Å². The molecule has 0 aliphatic heterocycles. The van der Waals surface area contributed by atoms with Gasteiger partial charge >= 0.3 is 5.97 Å². The van der Waals surface area contributed by atoms with E-state index in [2.05, 4.69) is 13.8 Å². The van der Waals surface area contributed by atoms with Gasteiger partial charge in [-0.05, 0) is 81.0 Å². The number of hydrogen-bond acceptors (Lipinski definition) is 1. The summed E-state index contributed by atoms with van der Waals surface area (Å²) in [7, 11) is 0. The first-order chi connectivity index (χ1) is 17.0. The summed E-state index contributed by atoms with van der Waals surface area (Å²) < 4.78 is 0. The highest BCUT2D eigenvalue weighted by atomic mass is 16.4. The Morgan fingerprint density at radius 2 is 1.17 bits per heavy atom. The van der Waals surface area contributed by atoms with E-state index in [-0.39, 0.29) is 5.41 Å². The molecule has 35 heavy (non-hydrogen) atoms. The van der Waals surface area contributed by atoms with E-state index in [1.807, 2.05) is 0 Å². The van der Waals surface area contributed by atoms with Crippen LogP contribution in [0.4, 0.5) is 0 Å². The molecule has 3 aliphatic rings. The van der Waals surface area contributed by atoms with Crippen molar-refractivity contribution in [3.8, 4) is 0 Å². The lowest BCUT2D eigenvalue weighted by Gasteiger charge is -2.58. The smallest absolute Gasteiger partial charge is 0.310 e. The fourth-order valence-electron chi connectivity index (χ4n) is 9.02. The number of carboxylic acids is 1. The minimum atomic E-state index is -0.435. The average molecular weight is 489 g/mol. The molecule has 204 valence electrons. The number of carboxylic acid groups (broad SMARTS) is 1. The Labute approximate surface area is 218 Å². The van der Waals surface area contributed by atoms with Crippen molar-refractivity contribution in [2.24, 2.45) is 22.2 Å². The maximum absolute atomic E-state index is 13.1. The van der Waals surface area contributed by atoms with E-state index in [9.17, 15) is 9.90 Å². The van der Waals surface area contributed by atoms with Crippen LogP contribution < -0.4 is 0 Å². The van der Waals surface area contributed by atoms with E-state index in [4.69, 9.17) is 0 Å². The van der Waals surface area contributed by atoms with Crippen molar-refractivity contribution >= 4 is 5.97 Å². The molecule has 0 unspecified atom stereocenters. The highest BCUT2D eigenvalue weighted by molar-refractivity contribution is 5.76. The molecule has 0 bridgehead atoms. The molecule has 3 rings (SSSR count). The predicted octanol–water partition coefficient (Wildman–Crippen LogP) is 10.9. The molecule has 0 atom stereocenters. The van der Waals surface area contributed by atoms with E-state index >= 15 is 0 Å². The summed E-state index contributed by atoms with van der Waals surface area (Å²) >= 11 is 0. The number of carbonyl (C=O) groups is 1. The molecule has 1 N–H and O–H groups in total. The molecule has 3 saturated carbocycles. The lowest BCUT2D eigenvalue weighted by Crippen LogP contribution is -2.53. The van der Waals surface area contributed by atoms with Crippen molar-refractivity contribution in [1.82, 2.24) is 0 Å². The second-order valence-electron chi connectivity index (χ2n) is 13.3. The van der Waals surface area contributed by atoms with Crippen LogP contribution in [0.5, 0.6) is 0 Å². The maximum atomic E-state index is 13.1. The van der Waals surface area contributed by atoms with Crippen LogP contribution in [0.15, 0.2) is 0 Å². The average Bonchev–Trinajstić information content (AvgIpc) is 2.90. The van der Waals surface area contributed by atoms with E-state index in [1.165, 1.54) is 141 Å². The van der Waals surface area contributed by atoms with Gasteiger partial charge in [0.2, 0.25) is 0 Å². The summed E-state index contributed by atoms with van der Waals surface area (Å²) in [5.74, 6) is 0.478. The van der Waals surface area contributed by atoms with Crippen LogP contribution in [0.3, 0.4) is 0 Å². The summed E-state index contributed by atoms with van der Waals surface area (Å²) in [6.45, 7) is 4.64. The van der Waals surface area contributed by atoms with Gasteiger partial charge in [-0.2, -0.15) is 0 Å². The largest absolute Gasteiger partial charge is 0.481 e. The number of rotatable bonds is 15. The fourth-order valence-corrected chi connectivity index (χ4v) is 9.02. The Balaban J connectivity index is 1.72. The molecule has 0 heterocycles. The Hall–Kier alpha value is -0.530. The Morgan fingerprint density at radius 1 is 0.629 bits per heavy atom. The predicted molar refractivity (Wildman–Crippen MR) is 150 cm³/mol. The van der Waals surface area contributed by atoms with E-state index in [1.54, 1.807) is 0 Å². The molecular formula is C33H60O2. The Kier molecular flexibility index (Phi) is 12.0. The topological polar surface area (TPSA) is 37.3 Å². The lowest BCUT2D eigenvalue weighted by molar-refractivity contribution is -0.171. The van der Waals surface area contributed by atoms with Gasteiger partial charge in [0.25, 0.3) is 0 Å². The molecule has 0 saturated heterocycles. The number of aliphatic carboxylic acids is 1. The van der Waals surface area contributed by atoms with Gasteiger partial charge in [-0.1, -0.05) is 117 Å². The van der Waals surface area contributed by atoms with Crippen molar-refractivity contribution in [3.63, 3.8) is 0 Å². The highest BCUT2D eigenvalue weighted by Crippen LogP contribution is 2.64. The second-order valence-corrected chi connectivity index (χ2v) is 13.3. The first kappa shape index (κ1) is 29.0. The monoisotopic (exact) mass is 488 g/mol. The summed E-state index contributed by atoms with van der Waals surface area (Å²) in [5, 5.41) is 10.7. The van der Waals surface area contributed by atoms with Gasteiger partial charge in [0, 0.05) is 0 Å².